The molecule has 4 aromatic rings. The Balaban J connectivity index is 0.000000484. The zero-order valence-electron chi connectivity index (χ0n) is 24.7. The van der Waals surface area contributed by atoms with E-state index in [0.717, 1.165) is 35.5 Å². The summed E-state index contributed by atoms with van der Waals surface area (Å²) < 4.78 is 41.2. The van der Waals surface area contributed by atoms with Crippen molar-refractivity contribution in [3.8, 4) is 0 Å². The van der Waals surface area contributed by atoms with Crippen LogP contribution in [-0.2, 0) is 42.8 Å². The summed E-state index contributed by atoms with van der Waals surface area (Å²) in [7, 11) is 5.87. The zero-order valence-corrected chi connectivity index (χ0v) is 27.0. The average Bonchev–Trinajstić information content (AvgIpc) is 3.64. The van der Waals surface area contributed by atoms with E-state index >= 15 is 0 Å². The number of allylic oxidation sites excluding steroid dienone is 2. The van der Waals surface area contributed by atoms with Gasteiger partial charge in [-0.2, -0.15) is 0 Å². The minimum absolute atomic E-state index is 0.306. The Labute approximate surface area is 269 Å². The number of benzene rings is 4. The summed E-state index contributed by atoms with van der Waals surface area (Å²) in [6.45, 7) is 5.32. The molecular weight excluding hydrogens is 612 g/mol. The van der Waals surface area contributed by atoms with E-state index in [0.29, 0.717) is 11.5 Å². The van der Waals surface area contributed by atoms with E-state index in [-0.39, 0.29) is 11.9 Å². The van der Waals surface area contributed by atoms with Gasteiger partial charge in [-0.15, -0.1) is 0 Å². The molecule has 1 saturated heterocycles. The predicted octanol–water partition coefficient (Wildman–Crippen LogP) is 8.57. The van der Waals surface area contributed by atoms with Crippen LogP contribution in [0, 0.1) is 0 Å². The van der Waals surface area contributed by atoms with Crippen LogP contribution in [0.5, 0.6) is 0 Å². The Bertz CT molecular complexity index is 1460. The molecule has 226 valence electrons. The maximum absolute atomic E-state index is 12.0. The van der Waals surface area contributed by atoms with Gasteiger partial charge in [-0.25, -0.2) is 0 Å². The van der Waals surface area contributed by atoms with E-state index in [1.165, 1.54) is 0 Å². The molecule has 0 unspecified atom stereocenters. The molecule has 1 aliphatic heterocycles. The maximum atomic E-state index is 12.0. The Morgan fingerprint density at radius 1 is 0.659 bits per heavy atom. The van der Waals surface area contributed by atoms with Gasteiger partial charge in [0.1, 0.15) is 0 Å². The quantitative estimate of drug-likeness (QED) is 0.161. The monoisotopic (exact) mass is 646 g/mol. The molecule has 4 aromatic carbocycles. The normalized spacial score (nSPS) is 17.0. The SMILES string of the molecule is CC1(C)OCCO1.[O]=[Ti]([Cl])[O]C1=CC=C(OC(c2ccccc2)c2ccccc2)[C@H]1OC(c1ccccc1)c1ccccc1. The first kappa shape index (κ1) is 32.1. The average molecular weight is 647 g/mol. The van der Waals surface area contributed by atoms with Gasteiger partial charge in [0.05, 0.1) is 13.2 Å². The molecule has 1 atom stereocenters. The van der Waals surface area contributed by atoms with E-state index in [1.54, 1.807) is 6.08 Å². The molecule has 1 fully saturated rings. The third-order valence-electron chi connectivity index (χ3n) is 7.04. The number of halogens is 1. The van der Waals surface area contributed by atoms with Crippen molar-refractivity contribution in [3.05, 3.63) is 167 Å². The molecule has 0 bridgehead atoms. The molecular formula is C36H35ClO6Ti. The van der Waals surface area contributed by atoms with Crippen LogP contribution in [0.15, 0.2) is 145 Å². The topological polar surface area (TPSA) is 63.2 Å². The van der Waals surface area contributed by atoms with E-state index < -0.39 is 29.4 Å². The Morgan fingerprint density at radius 3 is 1.41 bits per heavy atom. The first-order valence-corrected chi connectivity index (χ1v) is 17.9. The molecule has 1 heterocycles. The molecule has 0 amide bonds. The van der Waals surface area contributed by atoms with Crippen molar-refractivity contribution in [2.75, 3.05) is 13.2 Å². The van der Waals surface area contributed by atoms with Crippen LogP contribution in [0.2, 0.25) is 0 Å². The van der Waals surface area contributed by atoms with Crippen LogP contribution >= 0.6 is 9.30 Å². The van der Waals surface area contributed by atoms with Gasteiger partial charge < -0.3 is 9.47 Å². The minimum atomic E-state index is -3.43. The first-order valence-electron chi connectivity index (χ1n) is 14.5. The molecule has 8 heteroatoms. The molecule has 0 saturated carbocycles. The number of hydrogen-bond donors (Lipinski definition) is 0. The summed E-state index contributed by atoms with van der Waals surface area (Å²) in [6.07, 6.45) is 2.02. The first-order chi connectivity index (χ1) is 21.4. The van der Waals surface area contributed by atoms with E-state index in [4.69, 9.17) is 31.6 Å². The molecule has 44 heavy (non-hydrogen) atoms. The molecule has 1 aliphatic carbocycles. The Morgan fingerprint density at radius 2 is 1.05 bits per heavy atom. The van der Waals surface area contributed by atoms with Gasteiger partial charge in [-0.05, 0) is 13.8 Å². The molecule has 2 aliphatic rings. The van der Waals surface area contributed by atoms with Crippen molar-refractivity contribution in [2.24, 2.45) is 0 Å². The number of hydrogen-bond acceptors (Lipinski definition) is 6. The van der Waals surface area contributed by atoms with E-state index in [9.17, 15) is 3.32 Å². The van der Waals surface area contributed by atoms with Crippen molar-refractivity contribution < 1.29 is 42.8 Å². The van der Waals surface area contributed by atoms with Gasteiger partial charge in [0.2, 0.25) is 0 Å². The van der Waals surface area contributed by atoms with E-state index in [1.807, 2.05) is 141 Å². The van der Waals surface area contributed by atoms with Crippen LogP contribution in [0.25, 0.3) is 0 Å². The van der Waals surface area contributed by atoms with Gasteiger partial charge in [0, 0.05) is 0 Å². The van der Waals surface area contributed by atoms with Gasteiger partial charge in [-0.1, -0.05) is 0 Å². The van der Waals surface area contributed by atoms with Crippen molar-refractivity contribution in [1.82, 2.24) is 0 Å². The molecule has 6 rings (SSSR count). The van der Waals surface area contributed by atoms with Crippen molar-refractivity contribution in [2.45, 2.75) is 37.9 Å². The second-order valence-electron chi connectivity index (χ2n) is 10.6. The van der Waals surface area contributed by atoms with Crippen LogP contribution in [0.4, 0.5) is 0 Å². The molecule has 0 N–H and O–H groups in total. The Kier molecular flexibility index (Phi) is 11.3. The fraction of sp³-hybridized carbons (Fsp3) is 0.222. The summed E-state index contributed by atoms with van der Waals surface area (Å²) in [6, 6.07) is 40.0. The van der Waals surface area contributed by atoms with Crippen LogP contribution < -0.4 is 0 Å². The van der Waals surface area contributed by atoms with Crippen LogP contribution in [0.3, 0.4) is 0 Å². The summed E-state index contributed by atoms with van der Waals surface area (Å²) >= 11 is -3.43. The standard InChI is InChI=1S/C31H26O3.C5H10O2.ClH.O.Ti/c32-27-21-22-28(33-29(23-13-5-1-6-14-23)24-15-7-2-8-16-24)31(27)34-30(25-17-9-3-10-18-25)26-19-11-4-12-20-26;1-5(2)6-3-4-7-5;;;/h1-22,29-32H;3-4H2,1-2H3;1H;;/q;;;;+2/p-2/t31-;;;;/m0..../s1. The summed E-state index contributed by atoms with van der Waals surface area (Å²) in [5.41, 5.74) is 3.96. The van der Waals surface area contributed by atoms with Crippen molar-refractivity contribution in [1.29, 1.82) is 0 Å². The van der Waals surface area contributed by atoms with Gasteiger partial charge in [0.15, 0.2) is 5.79 Å². The second-order valence-corrected chi connectivity index (χ2v) is 12.9. The third-order valence-corrected chi connectivity index (χ3v) is 7.98. The number of ether oxygens (including phenoxy) is 4. The number of rotatable bonds is 10. The van der Waals surface area contributed by atoms with Gasteiger partial charge in [-0.3, -0.25) is 0 Å². The predicted molar refractivity (Wildman–Crippen MR) is 165 cm³/mol. The van der Waals surface area contributed by atoms with Crippen LogP contribution in [-0.4, -0.2) is 25.1 Å². The summed E-state index contributed by atoms with van der Waals surface area (Å²) in [4.78, 5) is 0. The summed E-state index contributed by atoms with van der Waals surface area (Å²) in [5, 5.41) is 0. The third kappa shape index (κ3) is 8.85. The van der Waals surface area contributed by atoms with Crippen LogP contribution in [0.1, 0.15) is 48.3 Å². The zero-order chi connectivity index (χ0) is 30.8. The molecule has 0 aromatic heterocycles. The molecule has 6 nitrogen and oxygen atoms in total. The fourth-order valence-electron chi connectivity index (χ4n) is 4.97. The second kappa shape index (κ2) is 15.6. The van der Waals surface area contributed by atoms with Crippen molar-refractivity contribution in [3.63, 3.8) is 0 Å². The van der Waals surface area contributed by atoms with Gasteiger partial charge in [0.25, 0.3) is 0 Å². The Hall–Kier alpha value is -3.36. The fourth-order valence-corrected chi connectivity index (χ4v) is 5.90. The van der Waals surface area contributed by atoms with E-state index in [2.05, 4.69) is 0 Å². The van der Waals surface area contributed by atoms with Gasteiger partial charge >= 0.3 is 228 Å². The van der Waals surface area contributed by atoms with Crippen molar-refractivity contribution >= 4 is 9.30 Å². The summed E-state index contributed by atoms with van der Waals surface area (Å²) in [5.74, 6) is 0.632. The molecule has 0 spiro atoms. The molecule has 0 radical (unpaired) electrons.